The Kier molecular flexibility index (Phi) is 7.08. The van der Waals surface area contributed by atoms with Crippen molar-refractivity contribution in [3.8, 4) is 0 Å². The number of carbonyl (C=O) groups excluding carboxylic acids is 2. The SMILES string of the molecule is CCC(C)OC(=O)c1c(NC(=O)CCn2nc(C(F)(F)F)cc2C)sc2c1CCCC2. The summed E-state index contributed by atoms with van der Waals surface area (Å²) in [5, 5.41) is 6.78. The normalized spacial score (nSPS) is 14.8. The van der Waals surface area contributed by atoms with E-state index in [0.29, 0.717) is 22.7 Å². The van der Waals surface area contributed by atoms with E-state index in [1.807, 2.05) is 13.8 Å². The van der Waals surface area contributed by atoms with E-state index in [1.54, 1.807) is 0 Å². The number of nitrogens with zero attached hydrogens (tertiary/aromatic N) is 2. The first-order chi connectivity index (χ1) is 14.6. The van der Waals surface area contributed by atoms with Gasteiger partial charge in [-0.05, 0) is 57.6 Å². The van der Waals surface area contributed by atoms with Crippen molar-refractivity contribution in [3.63, 3.8) is 0 Å². The topological polar surface area (TPSA) is 73.2 Å². The maximum absolute atomic E-state index is 12.8. The molecule has 1 aliphatic carbocycles. The van der Waals surface area contributed by atoms with Gasteiger partial charge in [-0.25, -0.2) is 4.79 Å². The zero-order valence-electron chi connectivity index (χ0n) is 17.8. The summed E-state index contributed by atoms with van der Waals surface area (Å²) < 4.78 is 45.1. The Bertz CT molecular complexity index is 965. The maximum Gasteiger partial charge on any atom is 0.435 e. The van der Waals surface area contributed by atoms with E-state index < -0.39 is 17.8 Å². The highest BCUT2D eigenvalue weighted by Gasteiger charge is 2.34. The number of halogens is 3. The number of rotatable bonds is 7. The third-order valence-electron chi connectivity index (χ3n) is 5.33. The van der Waals surface area contributed by atoms with Crippen LogP contribution in [-0.2, 0) is 35.1 Å². The van der Waals surface area contributed by atoms with Gasteiger partial charge in [-0.3, -0.25) is 9.48 Å². The van der Waals surface area contributed by atoms with Gasteiger partial charge in [-0.2, -0.15) is 18.3 Å². The van der Waals surface area contributed by atoms with E-state index in [1.165, 1.54) is 22.9 Å². The van der Waals surface area contributed by atoms with Gasteiger partial charge >= 0.3 is 12.1 Å². The zero-order valence-corrected chi connectivity index (χ0v) is 18.6. The van der Waals surface area contributed by atoms with Gasteiger partial charge in [0.1, 0.15) is 5.00 Å². The van der Waals surface area contributed by atoms with Crippen molar-refractivity contribution in [2.24, 2.45) is 0 Å². The number of hydrogen-bond donors (Lipinski definition) is 1. The lowest BCUT2D eigenvalue weighted by Gasteiger charge is -2.15. The van der Waals surface area contributed by atoms with E-state index >= 15 is 0 Å². The molecule has 3 rings (SSSR count). The monoisotopic (exact) mass is 457 g/mol. The number of esters is 1. The molecular formula is C21H26F3N3O3S. The van der Waals surface area contributed by atoms with Crippen LogP contribution in [0.5, 0.6) is 0 Å². The summed E-state index contributed by atoms with van der Waals surface area (Å²) in [4.78, 5) is 26.4. The summed E-state index contributed by atoms with van der Waals surface area (Å²) in [5.41, 5.74) is 0.705. The molecule has 0 radical (unpaired) electrons. The van der Waals surface area contributed by atoms with Crippen molar-refractivity contribution < 1.29 is 27.5 Å². The molecule has 0 spiro atoms. The Balaban J connectivity index is 1.73. The summed E-state index contributed by atoms with van der Waals surface area (Å²) in [6, 6.07) is 0.953. The molecule has 170 valence electrons. The number of alkyl halides is 3. The first-order valence-corrected chi connectivity index (χ1v) is 11.2. The van der Waals surface area contributed by atoms with Gasteiger partial charge in [0, 0.05) is 23.5 Å². The highest BCUT2D eigenvalue weighted by molar-refractivity contribution is 7.17. The molecule has 1 N–H and O–H groups in total. The summed E-state index contributed by atoms with van der Waals surface area (Å²) in [6.45, 7) is 5.25. The predicted octanol–water partition coefficient (Wildman–Crippen LogP) is 5.13. The van der Waals surface area contributed by atoms with Gasteiger partial charge in [-0.1, -0.05) is 6.92 Å². The zero-order chi connectivity index (χ0) is 22.8. The largest absolute Gasteiger partial charge is 0.459 e. The van der Waals surface area contributed by atoms with Crippen molar-refractivity contribution in [2.45, 2.75) is 78.1 Å². The number of aryl methyl sites for hydroxylation is 3. The van der Waals surface area contributed by atoms with Gasteiger partial charge in [-0.15, -0.1) is 11.3 Å². The van der Waals surface area contributed by atoms with E-state index in [4.69, 9.17) is 4.74 Å². The lowest BCUT2D eigenvalue weighted by molar-refractivity contribution is -0.141. The van der Waals surface area contributed by atoms with Crippen LogP contribution in [0.25, 0.3) is 0 Å². The van der Waals surface area contributed by atoms with Crippen LogP contribution < -0.4 is 5.32 Å². The molecule has 0 aliphatic heterocycles. The second kappa shape index (κ2) is 9.42. The third kappa shape index (κ3) is 5.47. The van der Waals surface area contributed by atoms with Crippen molar-refractivity contribution in [3.05, 3.63) is 33.5 Å². The Morgan fingerprint density at radius 3 is 2.68 bits per heavy atom. The molecule has 1 aliphatic rings. The first kappa shape index (κ1) is 23.3. The smallest absolute Gasteiger partial charge is 0.435 e. The second-order valence-corrected chi connectivity index (χ2v) is 8.83. The van der Waals surface area contributed by atoms with Gasteiger partial charge < -0.3 is 10.1 Å². The van der Waals surface area contributed by atoms with Crippen molar-refractivity contribution in [2.75, 3.05) is 5.32 Å². The predicted molar refractivity (Wildman–Crippen MR) is 111 cm³/mol. The minimum atomic E-state index is -4.53. The van der Waals surface area contributed by atoms with Crippen LogP contribution in [-0.4, -0.2) is 27.8 Å². The Labute approximate surface area is 182 Å². The average molecular weight is 458 g/mol. The molecule has 0 saturated carbocycles. The molecule has 1 amide bonds. The van der Waals surface area contributed by atoms with Crippen LogP contribution in [0.2, 0.25) is 0 Å². The summed E-state index contributed by atoms with van der Waals surface area (Å²) in [7, 11) is 0. The fourth-order valence-electron chi connectivity index (χ4n) is 3.47. The fraction of sp³-hybridized carbons (Fsp3) is 0.571. The molecule has 2 aromatic rings. The molecule has 2 aromatic heterocycles. The number of aromatic nitrogens is 2. The van der Waals surface area contributed by atoms with Crippen LogP contribution in [0.15, 0.2) is 6.07 Å². The quantitative estimate of drug-likeness (QED) is 0.585. The molecule has 10 heteroatoms. The fourth-order valence-corrected chi connectivity index (χ4v) is 4.76. The summed E-state index contributed by atoms with van der Waals surface area (Å²) in [6.07, 6.45) is -0.529. The number of fused-ring (bicyclic) bond motifs is 1. The number of ether oxygens (including phenoxy) is 1. The Hall–Kier alpha value is -2.36. The minimum absolute atomic E-state index is 0.00544. The molecule has 31 heavy (non-hydrogen) atoms. The van der Waals surface area contributed by atoms with Gasteiger partial charge in [0.15, 0.2) is 5.69 Å². The lowest BCUT2D eigenvalue weighted by Crippen LogP contribution is -2.20. The van der Waals surface area contributed by atoms with Crippen LogP contribution >= 0.6 is 11.3 Å². The number of thiophene rings is 1. The molecular weight excluding hydrogens is 431 g/mol. The number of hydrogen-bond acceptors (Lipinski definition) is 5. The number of amides is 1. The number of anilines is 1. The molecule has 0 saturated heterocycles. The minimum Gasteiger partial charge on any atom is -0.459 e. The van der Waals surface area contributed by atoms with Crippen LogP contribution in [0.1, 0.15) is 71.7 Å². The average Bonchev–Trinajstić information content (AvgIpc) is 3.26. The second-order valence-electron chi connectivity index (χ2n) is 7.73. The van der Waals surface area contributed by atoms with E-state index in [0.717, 1.165) is 42.2 Å². The highest BCUT2D eigenvalue weighted by Crippen LogP contribution is 2.39. The molecule has 0 bridgehead atoms. The molecule has 1 unspecified atom stereocenters. The lowest BCUT2D eigenvalue weighted by atomic mass is 9.95. The van der Waals surface area contributed by atoms with E-state index in [9.17, 15) is 22.8 Å². The van der Waals surface area contributed by atoms with Crippen LogP contribution in [0, 0.1) is 6.92 Å². The standard InChI is InChI=1S/C21H26F3N3O3S/c1-4-13(3)30-20(29)18-14-7-5-6-8-15(14)31-19(18)25-17(28)9-10-27-12(2)11-16(26-27)21(22,23)24/h11,13H,4-10H2,1-3H3,(H,25,28). The van der Waals surface area contributed by atoms with Gasteiger partial charge in [0.2, 0.25) is 5.91 Å². The van der Waals surface area contributed by atoms with Crippen LogP contribution in [0.3, 0.4) is 0 Å². The molecule has 0 fully saturated rings. The van der Waals surface area contributed by atoms with Crippen molar-refractivity contribution >= 4 is 28.2 Å². The highest BCUT2D eigenvalue weighted by atomic mass is 32.1. The van der Waals surface area contributed by atoms with E-state index in [2.05, 4.69) is 10.4 Å². The van der Waals surface area contributed by atoms with Gasteiger partial charge in [0.25, 0.3) is 0 Å². The Morgan fingerprint density at radius 2 is 2.03 bits per heavy atom. The number of nitrogens with one attached hydrogen (secondary N) is 1. The third-order valence-corrected chi connectivity index (χ3v) is 6.54. The summed E-state index contributed by atoms with van der Waals surface area (Å²) >= 11 is 1.38. The molecule has 1 atom stereocenters. The molecule has 6 nitrogen and oxygen atoms in total. The number of carbonyl (C=O) groups is 2. The maximum atomic E-state index is 12.8. The molecule has 0 aromatic carbocycles. The van der Waals surface area contributed by atoms with Crippen LogP contribution in [0.4, 0.5) is 18.2 Å². The summed E-state index contributed by atoms with van der Waals surface area (Å²) in [5.74, 6) is -0.832. The Morgan fingerprint density at radius 1 is 1.32 bits per heavy atom. The molecule has 2 heterocycles. The van der Waals surface area contributed by atoms with Gasteiger partial charge in [0.05, 0.1) is 11.7 Å². The van der Waals surface area contributed by atoms with E-state index in [-0.39, 0.29) is 25.0 Å². The van der Waals surface area contributed by atoms with Crippen molar-refractivity contribution in [1.82, 2.24) is 9.78 Å². The van der Waals surface area contributed by atoms with Crippen molar-refractivity contribution in [1.29, 1.82) is 0 Å². The first-order valence-electron chi connectivity index (χ1n) is 10.4.